The molecule has 0 bridgehead atoms. The zero-order valence-corrected chi connectivity index (χ0v) is 15.6. The van der Waals surface area contributed by atoms with E-state index in [9.17, 15) is 0 Å². The van der Waals surface area contributed by atoms with Crippen LogP contribution in [0.4, 0.5) is 0 Å². The molecule has 0 N–H and O–H groups in total. The van der Waals surface area contributed by atoms with E-state index in [-0.39, 0.29) is 0 Å². The number of methoxy groups -OCH3 is 1. The molecule has 0 aliphatic carbocycles. The molecule has 0 amide bonds. The van der Waals surface area contributed by atoms with Gasteiger partial charge in [0.25, 0.3) is 0 Å². The second-order valence-electron chi connectivity index (χ2n) is 6.57. The first kappa shape index (κ1) is 17.3. The summed E-state index contributed by atoms with van der Waals surface area (Å²) in [5.41, 5.74) is 1.58. The van der Waals surface area contributed by atoms with Gasteiger partial charge in [0.05, 0.1) is 24.8 Å². The first-order valence-corrected chi connectivity index (χ1v) is 9.41. The van der Waals surface area contributed by atoms with Crippen molar-refractivity contribution in [3.63, 3.8) is 0 Å². The van der Waals surface area contributed by atoms with Crippen molar-refractivity contribution in [2.75, 3.05) is 33.4 Å². The van der Waals surface area contributed by atoms with E-state index in [2.05, 4.69) is 14.9 Å². The molecule has 1 aliphatic rings. The van der Waals surface area contributed by atoms with Crippen LogP contribution in [0.15, 0.2) is 30.5 Å². The van der Waals surface area contributed by atoms with Crippen LogP contribution in [-0.2, 0) is 0 Å². The van der Waals surface area contributed by atoms with Gasteiger partial charge in [-0.25, -0.2) is 4.98 Å². The predicted molar refractivity (Wildman–Crippen MR) is 104 cm³/mol. The van der Waals surface area contributed by atoms with Crippen LogP contribution in [0, 0.1) is 0 Å². The molecule has 4 rings (SSSR count). The van der Waals surface area contributed by atoms with Gasteiger partial charge in [-0.1, -0.05) is 11.6 Å². The molecule has 6 heteroatoms. The summed E-state index contributed by atoms with van der Waals surface area (Å²) >= 11 is 6.33. The van der Waals surface area contributed by atoms with Gasteiger partial charge < -0.3 is 14.4 Å². The molecule has 0 atom stereocenters. The van der Waals surface area contributed by atoms with E-state index in [1.165, 1.54) is 25.9 Å². The molecular formula is C20H22ClN3O2. The summed E-state index contributed by atoms with van der Waals surface area (Å²) in [6.45, 7) is 4.15. The average Bonchev–Trinajstić information content (AvgIpc) is 3.18. The van der Waals surface area contributed by atoms with Crippen LogP contribution in [0.2, 0.25) is 5.15 Å². The number of ether oxygens (including phenoxy) is 2. The standard InChI is InChI=1S/C20H22ClN3O2/c1-25-17-12-15-16(23-20(21)14-6-4-7-22-19(14)15)13-18(17)26-11-5-10-24-8-2-3-9-24/h4,6-7,12-13H,2-3,5,8-11H2,1H3. The van der Waals surface area contributed by atoms with E-state index in [1.807, 2.05) is 24.3 Å². The SMILES string of the molecule is COc1cc2c(cc1OCCCN1CCCC1)nc(Cl)c1cccnc12. The smallest absolute Gasteiger partial charge is 0.163 e. The van der Waals surface area contributed by atoms with Gasteiger partial charge in [0.2, 0.25) is 0 Å². The van der Waals surface area contributed by atoms with E-state index in [4.69, 9.17) is 21.1 Å². The fraction of sp³-hybridized carbons (Fsp3) is 0.400. The van der Waals surface area contributed by atoms with E-state index >= 15 is 0 Å². The zero-order chi connectivity index (χ0) is 17.9. The van der Waals surface area contributed by atoms with Gasteiger partial charge in [-0.3, -0.25) is 4.98 Å². The number of halogens is 1. The van der Waals surface area contributed by atoms with Crippen LogP contribution >= 0.6 is 11.6 Å². The lowest BCUT2D eigenvalue weighted by atomic mass is 10.1. The average molecular weight is 372 g/mol. The molecule has 3 aromatic rings. The third-order valence-corrected chi connectivity index (χ3v) is 5.15. The van der Waals surface area contributed by atoms with Gasteiger partial charge in [-0.05, 0) is 50.6 Å². The summed E-state index contributed by atoms with van der Waals surface area (Å²) in [5, 5.41) is 2.19. The second-order valence-corrected chi connectivity index (χ2v) is 6.93. The van der Waals surface area contributed by atoms with Gasteiger partial charge in [0, 0.05) is 29.6 Å². The van der Waals surface area contributed by atoms with Crippen molar-refractivity contribution in [1.82, 2.24) is 14.9 Å². The fourth-order valence-corrected chi connectivity index (χ4v) is 3.78. The number of benzene rings is 1. The fourth-order valence-electron chi connectivity index (χ4n) is 3.53. The minimum Gasteiger partial charge on any atom is -0.493 e. The number of fused-ring (bicyclic) bond motifs is 3. The Morgan fingerprint density at radius 3 is 2.81 bits per heavy atom. The topological polar surface area (TPSA) is 47.5 Å². The molecule has 0 unspecified atom stereocenters. The number of rotatable bonds is 6. The summed E-state index contributed by atoms with van der Waals surface area (Å²) in [4.78, 5) is 11.5. The molecule has 2 aromatic heterocycles. The van der Waals surface area contributed by atoms with Crippen molar-refractivity contribution < 1.29 is 9.47 Å². The molecule has 0 radical (unpaired) electrons. The van der Waals surface area contributed by atoms with Crippen LogP contribution in [0.1, 0.15) is 19.3 Å². The maximum atomic E-state index is 6.33. The number of likely N-dealkylation sites (tertiary alicyclic amines) is 1. The number of pyridine rings is 2. The molecule has 136 valence electrons. The predicted octanol–water partition coefficient (Wildman–Crippen LogP) is 4.31. The maximum absolute atomic E-state index is 6.33. The number of aromatic nitrogens is 2. The van der Waals surface area contributed by atoms with E-state index in [0.29, 0.717) is 23.3 Å². The van der Waals surface area contributed by atoms with Crippen LogP contribution in [0.5, 0.6) is 11.5 Å². The molecule has 1 saturated heterocycles. The zero-order valence-electron chi connectivity index (χ0n) is 14.9. The first-order chi connectivity index (χ1) is 12.8. The molecule has 1 fully saturated rings. The molecule has 1 aliphatic heterocycles. The van der Waals surface area contributed by atoms with E-state index in [1.54, 1.807) is 13.3 Å². The molecule has 1 aromatic carbocycles. The molecule has 0 spiro atoms. The number of hydrogen-bond acceptors (Lipinski definition) is 5. The molecule has 26 heavy (non-hydrogen) atoms. The molecule has 3 heterocycles. The van der Waals surface area contributed by atoms with Gasteiger partial charge in [-0.2, -0.15) is 0 Å². The Bertz CT molecular complexity index is 926. The Balaban J connectivity index is 1.59. The Hall–Kier alpha value is -2.11. The Labute approximate surface area is 157 Å². The van der Waals surface area contributed by atoms with E-state index < -0.39 is 0 Å². The van der Waals surface area contributed by atoms with Crippen molar-refractivity contribution in [2.45, 2.75) is 19.3 Å². The van der Waals surface area contributed by atoms with Crippen molar-refractivity contribution >= 4 is 33.4 Å². The van der Waals surface area contributed by atoms with Crippen molar-refractivity contribution in [2.24, 2.45) is 0 Å². The van der Waals surface area contributed by atoms with Crippen LogP contribution < -0.4 is 9.47 Å². The normalized spacial score (nSPS) is 15.0. The number of hydrogen-bond donors (Lipinski definition) is 0. The quantitative estimate of drug-likeness (QED) is 0.367. The van der Waals surface area contributed by atoms with Gasteiger partial charge in [0.15, 0.2) is 11.5 Å². The summed E-state index contributed by atoms with van der Waals surface area (Å²) in [6.07, 6.45) is 5.38. The highest BCUT2D eigenvalue weighted by atomic mass is 35.5. The molecule has 5 nitrogen and oxygen atoms in total. The maximum Gasteiger partial charge on any atom is 0.163 e. The molecular weight excluding hydrogens is 350 g/mol. The Kier molecular flexibility index (Phi) is 5.09. The van der Waals surface area contributed by atoms with Gasteiger partial charge in [0.1, 0.15) is 5.15 Å². The third kappa shape index (κ3) is 3.41. The Morgan fingerprint density at radius 1 is 1.15 bits per heavy atom. The number of nitrogens with zero attached hydrogens (tertiary/aromatic N) is 3. The molecule has 0 saturated carbocycles. The third-order valence-electron chi connectivity index (χ3n) is 4.86. The van der Waals surface area contributed by atoms with Crippen LogP contribution in [0.3, 0.4) is 0 Å². The summed E-state index contributed by atoms with van der Waals surface area (Å²) in [7, 11) is 1.65. The lowest BCUT2D eigenvalue weighted by Gasteiger charge is -2.16. The van der Waals surface area contributed by atoms with Gasteiger partial charge in [-0.15, -0.1) is 0 Å². The lowest BCUT2D eigenvalue weighted by Crippen LogP contribution is -2.21. The second kappa shape index (κ2) is 7.64. The Morgan fingerprint density at radius 2 is 2.00 bits per heavy atom. The largest absolute Gasteiger partial charge is 0.493 e. The van der Waals surface area contributed by atoms with Crippen molar-refractivity contribution in [1.29, 1.82) is 0 Å². The van der Waals surface area contributed by atoms with Gasteiger partial charge >= 0.3 is 0 Å². The van der Waals surface area contributed by atoms with Crippen molar-refractivity contribution in [3.8, 4) is 11.5 Å². The monoisotopic (exact) mass is 371 g/mol. The minimum absolute atomic E-state index is 0.450. The lowest BCUT2D eigenvalue weighted by molar-refractivity contribution is 0.254. The van der Waals surface area contributed by atoms with Crippen LogP contribution in [0.25, 0.3) is 21.8 Å². The van der Waals surface area contributed by atoms with E-state index in [0.717, 1.165) is 34.8 Å². The first-order valence-electron chi connectivity index (χ1n) is 9.03. The minimum atomic E-state index is 0.450. The summed E-state index contributed by atoms with van der Waals surface area (Å²) in [5.74, 6) is 1.38. The van der Waals surface area contributed by atoms with Crippen LogP contribution in [-0.4, -0.2) is 48.2 Å². The highest BCUT2D eigenvalue weighted by Crippen LogP contribution is 2.36. The highest BCUT2D eigenvalue weighted by Gasteiger charge is 2.14. The van der Waals surface area contributed by atoms with Crippen molar-refractivity contribution in [3.05, 3.63) is 35.6 Å². The summed E-state index contributed by atoms with van der Waals surface area (Å²) < 4.78 is 11.5. The highest BCUT2D eigenvalue weighted by molar-refractivity contribution is 6.35. The summed E-state index contributed by atoms with van der Waals surface area (Å²) in [6, 6.07) is 7.61.